The van der Waals surface area contributed by atoms with E-state index in [0.29, 0.717) is 12.5 Å². The zero-order valence-electron chi connectivity index (χ0n) is 9.21. The molecule has 0 amide bonds. The van der Waals surface area contributed by atoms with Crippen LogP contribution < -0.4 is 4.74 Å². The molecule has 0 aliphatic rings. The largest absolute Gasteiger partial charge is 0.494 e. The lowest BCUT2D eigenvalue weighted by atomic mass is 10.00. The molecule has 1 aromatic rings. The summed E-state index contributed by atoms with van der Waals surface area (Å²) in [5.74, 6) is 1.37. The van der Waals surface area contributed by atoms with Gasteiger partial charge >= 0.3 is 0 Å². The number of hydrogen-bond donors (Lipinski definition) is 0. The summed E-state index contributed by atoms with van der Waals surface area (Å²) in [6.07, 6.45) is 1.94. The van der Waals surface area contributed by atoms with Gasteiger partial charge in [0.05, 0.1) is 6.61 Å². The van der Waals surface area contributed by atoms with Crippen molar-refractivity contribution in [3.63, 3.8) is 0 Å². The van der Waals surface area contributed by atoms with Crippen LogP contribution in [0, 0.1) is 6.92 Å². The van der Waals surface area contributed by atoms with Crippen LogP contribution in [0.25, 0.3) is 0 Å². The fourth-order valence-corrected chi connectivity index (χ4v) is 1.35. The molecule has 0 saturated heterocycles. The molecule has 1 aromatic carbocycles. The molecule has 0 spiro atoms. The van der Waals surface area contributed by atoms with E-state index in [0.717, 1.165) is 5.75 Å². The maximum atomic E-state index is 5.54. The minimum absolute atomic E-state index is 0.384. The third-order valence-electron chi connectivity index (χ3n) is 2.39. The monoisotopic (exact) mass is 190 g/mol. The lowest BCUT2D eigenvalue weighted by Gasteiger charge is -2.11. The van der Waals surface area contributed by atoms with Crippen LogP contribution in [0.5, 0.6) is 5.75 Å². The van der Waals surface area contributed by atoms with Crippen molar-refractivity contribution in [2.75, 3.05) is 6.61 Å². The van der Waals surface area contributed by atoms with E-state index in [-0.39, 0.29) is 0 Å². The van der Waals surface area contributed by atoms with Crippen LogP contribution in [0.2, 0.25) is 0 Å². The average molecular weight is 190 g/mol. The zero-order valence-corrected chi connectivity index (χ0v) is 9.21. The van der Waals surface area contributed by atoms with E-state index in [1.807, 2.05) is 13.0 Å². The number of ether oxygens (including phenoxy) is 1. The minimum atomic E-state index is 0.384. The van der Waals surface area contributed by atoms with Gasteiger partial charge in [-0.15, -0.1) is 6.58 Å². The Morgan fingerprint density at radius 3 is 2.79 bits per heavy atom. The topological polar surface area (TPSA) is 9.23 Å². The van der Waals surface area contributed by atoms with Crippen LogP contribution in [0.3, 0.4) is 0 Å². The molecule has 0 fully saturated rings. The second-order valence-electron chi connectivity index (χ2n) is 3.48. The predicted molar refractivity (Wildman–Crippen MR) is 61.0 cm³/mol. The molecule has 1 heteroatoms. The molecule has 1 nitrogen and oxygen atoms in total. The number of benzene rings is 1. The number of allylic oxidation sites excluding steroid dienone is 1. The maximum absolute atomic E-state index is 5.54. The maximum Gasteiger partial charge on any atom is 0.122 e. The summed E-state index contributed by atoms with van der Waals surface area (Å²) < 4.78 is 5.54. The average Bonchev–Trinajstić information content (AvgIpc) is 2.20. The van der Waals surface area contributed by atoms with Gasteiger partial charge in [0.25, 0.3) is 0 Å². The van der Waals surface area contributed by atoms with Gasteiger partial charge in [0.1, 0.15) is 5.75 Å². The molecule has 1 atom stereocenters. The van der Waals surface area contributed by atoms with Crippen molar-refractivity contribution in [3.8, 4) is 5.75 Å². The van der Waals surface area contributed by atoms with Crippen molar-refractivity contribution >= 4 is 0 Å². The molecule has 0 heterocycles. The van der Waals surface area contributed by atoms with Crippen molar-refractivity contribution < 1.29 is 4.74 Å². The predicted octanol–water partition coefficient (Wildman–Crippen LogP) is 3.68. The molecule has 1 rings (SSSR count). The van der Waals surface area contributed by atoms with Gasteiger partial charge in [0.2, 0.25) is 0 Å². The summed E-state index contributed by atoms with van der Waals surface area (Å²) >= 11 is 0. The van der Waals surface area contributed by atoms with Crippen molar-refractivity contribution in [2.45, 2.75) is 26.7 Å². The molecule has 14 heavy (non-hydrogen) atoms. The van der Waals surface area contributed by atoms with Crippen molar-refractivity contribution in [1.29, 1.82) is 0 Å². The highest BCUT2D eigenvalue weighted by Gasteiger charge is 2.04. The zero-order chi connectivity index (χ0) is 10.6. The standard InChI is InChI=1S/C13H18O/c1-5-10(3)12-8-7-11(4)13(9-12)14-6-2/h5,7-10H,1,6H2,2-4H3. The fourth-order valence-electron chi connectivity index (χ4n) is 1.35. The first kappa shape index (κ1) is 10.8. The lowest BCUT2D eigenvalue weighted by molar-refractivity contribution is 0.337. The van der Waals surface area contributed by atoms with E-state index in [9.17, 15) is 0 Å². The minimum Gasteiger partial charge on any atom is -0.494 e. The van der Waals surface area contributed by atoms with E-state index in [2.05, 4.69) is 38.6 Å². The molecule has 0 aromatic heterocycles. The third-order valence-corrected chi connectivity index (χ3v) is 2.39. The van der Waals surface area contributed by atoms with Gasteiger partial charge in [-0.05, 0) is 37.0 Å². The molecule has 0 N–H and O–H groups in total. The molecule has 0 radical (unpaired) electrons. The molecular formula is C13H18O. The lowest BCUT2D eigenvalue weighted by Crippen LogP contribution is -1.96. The first-order valence-corrected chi connectivity index (χ1v) is 5.05. The van der Waals surface area contributed by atoms with Gasteiger partial charge in [-0.25, -0.2) is 0 Å². The van der Waals surface area contributed by atoms with Gasteiger partial charge in [-0.2, -0.15) is 0 Å². The van der Waals surface area contributed by atoms with E-state index in [1.165, 1.54) is 11.1 Å². The van der Waals surface area contributed by atoms with E-state index in [4.69, 9.17) is 4.74 Å². The molecular weight excluding hydrogens is 172 g/mol. The Labute approximate surface area is 86.4 Å². The first-order valence-electron chi connectivity index (χ1n) is 5.05. The van der Waals surface area contributed by atoms with E-state index >= 15 is 0 Å². The van der Waals surface area contributed by atoms with Crippen LogP contribution in [-0.2, 0) is 0 Å². The molecule has 76 valence electrons. The Bertz CT molecular complexity index is 315. The quantitative estimate of drug-likeness (QED) is 0.658. The second kappa shape index (κ2) is 4.85. The van der Waals surface area contributed by atoms with Crippen LogP contribution in [-0.4, -0.2) is 6.61 Å². The van der Waals surface area contributed by atoms with E-state index < -0.39 is 0 Å². The highest BCUT2D eigenvalue weighted by molar-refractivity contribution is 5.38. The van der Waals surface area contributed by atoms with Gasteiger partial charge < -0.3 is 4.74 Å². The summed E-state index contributed by atoms with van der Waals surface area (Å²) in [6, 6.07) is 6.33. The smallest absolute Gasteiger partial charge is 0.122 e. The van der Waals surface area contributed by atoms with Gasteiger partial charge in [-0.3, -0.25) is 0 Å². The molecule has 0 bridgehead atoms. The fraction of sp³-hybridized carbons (Fsp3) is 0.385. The third kappa shape index (κ3) is 2.38. The highest BCUT2D eigenvalue weighted by atomic mass is 16.5. The Balaban J connectivity index is 2.99. The highest BCUT2D eigenvalue weighted by Crippen LogP contribution is 2.24. The van der Waals surface area contributed by atoms with Crippen molar-refractivity contribution in [3.05, 3.63) is 42.0 Å². The van der Waals surface area contributed by atoms with Crippen LogP contribution in [0.15, 0.2) is 30.9 Å². The summed E-state index contributed by atoms with van der Waals surface area (Å²) in [5, 5.41) is 0. The normalized spacial score (nSPS) is 12.2. The summed E-state index contributed by atoms with van der Waals surface area (Å²) in [4.78, 5) is 0. The summed E-state index contributed by atoms with van der Waals surface area (Å²) in [7, 11) is 0. The second-order valence-corrected chi connectivity index (χ2v) is 3.48. The Kier molecular flexibility index (Phi) is 3.75. The summed E-state index contributed by atoms with van der Waals surface area (Å²) in [6.45, 7) is 10.7. The van der Waals surface area contributed by atoms with Crippen LogP contribution in [0.4, 0.5) is 0 Å². The molecule has 1 unspecified atom stereocenters. The SMILES string of the molecule is C=CC(C)c1ccc(C)c(OCC)c1. The Hall–Kier alpha value is -1.24. The summed E-state index contributed by atoms with van der Waals surface area (Å²) in [5.41, 5.74) is 2.45. The van der Waals surface area contributed by atoms with Gasteiger partial charge in [-0.1, -0.05) is 25.1 Å². The van der Waals surface area contributed by atoms with Gasteiger partial charge in [0.15, 0.2) is 0 Å². The van der Waals surface area contributed by atoms with E-state index in [1.54, 1.807) is 0 Å². The number of hydrogen-bond acceptors (Lipinski definition) is 1. The first-order chi connectivity index (χ1) is 6.69. The van der Waals surface area contributed by atoms with Gasteiger partial charge in [0, 0.05) is 0 Å². The van der Waals surface area contributed by atoms with Crippen molar-refractivity contribution in [2.24, 2.45) is 0 Å². The number of rotatable bonds is 4. The molecule has 0 saturated carbocycles. The molecule has 0 aliphatic carbocycles. The molecule has 0 aliphatic heterocycles. The number of aryl methyl sites for hydroxylation is 1. The Morgan fingerprint density at radius 2 is 2.21 bits per heavy atom. The van der Waals surface area contributed by atoms with Crippen LogP contribution in [0.1, 0.15) is 30.9 Å². The Morgan fingerprint density at radius 1 is 1.50 bits per heavy atom. The van der Waals surface area contributed by atoms with Crippen LogP contribution >= 0.6 is 0 Å². The van der Waals surface area contributed by atoms with Crippen molar-refractivity contribution in [1.82, 2.24) is 0 Å².